The first-order chi connectivity index (χ1) is 12.4. The molecule has 0 fully saturated rings. The Kier molecular flexibility index (Phi) is 4.97. The zero-order valence-corrected chi connectivity index (χ0v) is 14.0. The minimum absolute atomic E-state index is 0.289. The van der Waals surface area contributed by atoms with Gasteiger partial charge in [-0.05, 0) is 36.8 Å². The van der Waals surface area contributed by atoms with Crippen LogP contribution >= 0.6 is 0 Å². The first kappa shape index (κ1) is 18.0. The summed E-state index contributed by atoms with van der Waals surface area (Å²) in [5.74, 6) is -0.289. The number of nitrogens with one attached hydrogen (secondary N) is 1. The molecule has 0 spiro atoms. The van der Waals surface area contributed by atoms with Crippen LogP contribution in [0.15, 0.2) is 54.6 Å². The first-order valence-electron chi connectivity index (χ1n) is 8.11. The van der Waals surface area contributed by atoms with Crippen molar-refractivity contribution in [3.05, 3.63) is 71.7 Å². The third kappa shape index (κ3) is 3.87. The summed E-state index contributed by atoms with van der Waals surface area (Å²) in [5, 5.41) is 6.71. The number of halogens is 4. The average Bonchev–Trinajstić information content (AvgIpc) is 3.06. The smallest absolute Gasteiger partial charge is 0.381 e. The van der Waals surface area contributed by atoms with Gasteiger partial charge in [0.15, 0.2) is 5.69 Å². The fourth-order valence-corrected chi connectivity index (χ4v) is 2.63. The number of hydrogen-bond donors (Lipinski definition) is 1. The van der Waals surface area contributed by atoms with Gasteiger partial charge in [-0.3, -0.25) is 4.68 Å². The lowest BCUT2D eigenvalue weighted by atomic mass is 10.1. The van der Waals surface area contributed by atoms with Crippen molar-refractivity contribution < 1.29 is 17.6 Å². The molecule has 0 atom stereocenters. The van der Waals surface area contributed by atoms with Crippen LogP contribution in [0.2, 0.25) is 0 Å². The molecule has 3 rings (SSSR count). The molecule has 0 amide bonds. The zero-order valence-electron chi connectivity index (χ0n) is 14.0. The maximum atomic E-state index is 13.6. The van der Waals surface area contributed by atoms with Gasteiger partial charge in [-0.2, -0.15) is 18.3 Å². The monoisotopic (exact) mass is 363 g/mol. The third-order valence-electron chi connectivity index (χ3n) is 3.99. The highest BCUT2D eigenvalue weighted by atomic mass is 19.4. The molecule has 0 unspecified atom stereocenters. The maximum absolute atomic E-state index is 13.6. The fraction of sp³-hybridized carbons (Fsp3) is 0.211. The second-order valence-electron chi connectivity index (χ2n) is 5.75. The van der Waals surface area contributed by atoms with Crippen molar-refractivity contribution in [2.75, 3.05) is 5.32 Å². The van der Waals surface area contributed by atoms with E-state index in [1.807, 2.05) is 0 Å². The van der Waals surface area contributed by atoms with E-state index in [0.29, 0.717) is 29.9 Å². The van der Waals surface area contributed by atoms with Gasteiger partial charge in [0.25, 0.3) is 0 Å². The summed E-state index contributed by atoms with van der Waals surface area (Å²) in [4.78, 5) is 0. The molecule has 0 bridgehead atoms. The van der Waals surface area contributed by atoms with Crippen LogP contribution in [0.1, 0.15) is 18.2 Å². The molecule has 26 heavy (non-hydrogen) atoms. The van der Waals surface area contributed by atoms with Crippen LogP contribution in [-0.4, -0.2) is 9.78 Å². The summed E-state index contributed by atoms with van der Waals surface area (Å²) in [6.45, 7) is 2.39. The summed E-state index contributed by atoms with van der Waals surface area (Å²) in [7, 11) is 0. The molecule has 1 aromatic heterocycles. The lowest BCUT2D eigenvalue weighted by molar-refractivity contribution is -0.141. The number of aromatic nitrogens is 2. The molecule has 0 saturated carbocycles. The van der Waals surface area contributed by atoms with Crippen LogP contribution in [0.5, 0.6) is 0 Å². The Labute approximate surface area is 148 Å². The van der Waals surface area contributed by atoms with E-state index < -0.39 is 11.9 Å². The summed E-state index contributed by atoms with van der Waals surface area (Å²) >= 11 is 0. The molecule has 1 N–H and O–H groups in total. The molecule has 1 heterocycles. The van der Waals surface area contributed by atoms with Crippen molar-refractivity contribution in [1.29, 1.82) is 0 Å². The molecule has 0 aliphatic rings. The Morgan fingerprint density at radius 2 is 1.73 bits per heavy atom. The van der Waals surface area contributed by atoms with E-state index in [9.17, 15) is 17.6 Å². The van der Waals surface area contributed by atoms with Gasteiger partial charge in [-0.25, -0.2) is 4.39 Å². The summed E-state index contributed by atoms with van der Waals surface area (Å²) in [6, 6.07) is 14.4. The molecule has 0 saturated heterocycles. The average molecular weight is 363 g/mol. The summed E-state index contributed by atoms with van der Waals surface area (Å²) < 4.78 is 53.6. The van der Waals surface area contributed by atoms with E-state index in [2.05, 4.69) is 10.4 Å². The molecule has 2 aromatic carbocycles. The van der Waals surface area contributed by atoms with Gasteiger partial charge in [0, 0.05) is 24.3 Å². The highest BCUT2D eigenvalue weighted by molar-refractivity contribution is 5.63. The van der Waals surface area contributed by atoms with Crippen molar-refractivity contribution in [1.82, 2.24) is 9.78 Å². The SMILES string of the molecule is CCn1nc(C(F)(F)F)cc1-c1ccc(NCc2ccccc2F)cc1. The van der Waals surface area contributed by atoms with Crippen molar-refractivity contribution in [2.45, 2.75) is 26.2 Å². The van der Waals surface area contributed by atoms with Gasteiger partial charge in [0.2, 0.25) is 0 Å². The van der Waals surface area contributed by atoms with E-state index in [1.54, 1.807) is 49.4 Å². The standard InChI is InChI=1S/C19H17F4N3/c1-2-26-17(11-18(25-26)19(21,22)23)13-7-9-15(10-8-13)24-12-14-5-3-4-6-16(14)20/h3-11,24H,2,12H2,1H3. The fourth-order valence-electron chi connectivity index (χ4n) is 2.63. The van der Waals surface area contributed by atoms with Gasteiger partial charge < -0.3 is 5.32 Å². The van der Waals surface area contributed by atoms with E-state index in [-0.39, 0.29) is 5.82 Å². The van der Waals surface area contributed by atoms with Crippen molar-refractivity contribution >= 4 is 5.69 Å². The van der Waals surface area contributed by atoms with Crippen LogP contribution in [0.4, 0.5) is 23.2 Å². The van der Waals surface area contributed by atoms with Crippen LogP contribution in [-0.2, 0) is 19.3 Å². The number of nitrogens with zero attached hydrogens (tertiary/aromatic N) is 2. The Hall–Kier alpha value is -2.83. The van der Waals surface area contributed by atoms with Crippen LogP contribution < -0.4 is 5.32 Å². The molecular weight excluding hydrogens is 346 g/mol. The first-order valence-corrected chi connectivity index (χ1v) is 8.11. The summed E-state index contributed by atoms with van der Waals surface area (Å²) in [6.07, 6.45) is -4.48. The minimum Gasteiger partial charge on any atom is -0.381 e. The molecule has 7 heteroatoms. The van der Waals surface area contributed by atoms with Gasteiger partial charge in [0.05, 0.1) is 5.69 Å². The van der Waals surface area contributed by atoms with Crippen molar-refractivity contribution in [3.8, 4) is 11.3 Å². The Morgan fingerprint density at radius 1 is 1.04 bits per heavy atom. The number of anilines is 1. The predicted molar refractivity (Wildman–Crippen MR) is 92.1 cm³/mol. The lowest BCUT2D eigenvalue weighted by Gasteiger charge is -2.09. The molecular formula is C19H17F4N3. The quantitative estimate of drug-likeness (QED) is 0.620. The van der Waals surface area contributed by atoms with Gasteiger partial charge in [-0.15, -0.1) is 0 Å². The van der Waals surface area contributed by atoms with Gasteiger partial charge in [-0.1, -0.05) is 30.3 Å². The Morgan fingerprint density at radius 3 is 2.35 bits per heavy atom. The Bertz CT molecular complexity index is 883. The molecule has 3 nitrogen and oxygen atoms in total. The molecule has 3 aromatic rings. The van der Waals surface area contributed by atoms with Gasteiger partial charge >= 0.3 is 6.18 Å². The second kappa shape index (κ2) is 7.19. The van der Waals surface area contributed by atoms with E-state index in [4.69, 9.17) is 0 Å². The Balaban J connectivity index is 1.77. The number of benzene rings is 2. The maximum Gasteiger partial charge on any atom is 0.435 e. The largest absolute Gasteiger partial charge is 0.435 e. The highest BCUT2D eigenvalue weighted by Crippen LogP contribution is 2.32. The van der Waals surface area contributed by atoms with E-state index >= 15 is 0 Å². The van der Waals surface area contributed by atoms with E-state index in [0.717, 1.165) is 11.8 Å². The van der Waals surface area contributed by atoms with Crippen LogP contribution in [0.3, 0.4) is 0 Å². The number of rotatable bonds is 5. The van der Waals surface area contributed by atoms with E-state index in [1.165, 1.54) is 10.7 Å². The topological polar surface area (TPSA) is 29.9 Å². The van der Waals surface area contributed by atoms with Crippen molar-refractivity contribution in [2.24, 2.45) is 0 Å². The normalized spacial score (nSPS) is 11.6. The zero-order chi connectivity index (χ0) is 18.7. The number of hydrogen-bond acceptors (Lipinski definition) is 2. The lowest BCUT2D eigenvalue weighted by Crippen LogP contribution is -2.07. The van der Waals surface area contributed by atoms with Gasteiger partial charge in [0.1, 0.15) is 5.82 Å². The molecule has 0 radical (unpaired) electrons. The van der Waals surface area contributed by atoms with Crippen molar-refractivity contribution in [3.63, 3.8) is 0 Å². The summed E-state index contributed by atoms with van der Waals surface area (Å²) in [5.41, 5.74) is 1.41. The second-order valence-corrected chi connectivity index (χ2v) is 5.75. The number of aryl methyl sites for hydroxylation is 1. The molecule has 0 aliphatic carbocycles. The molecule has 136 valence electrons. The predicted octanol–water partition coefficient (Wildman–Crippen LogP) is 5.34. The van der Waals surface area contributed by atoms with Crippen LogP contribution in [0, 0.1) is 5.82 Å². The minimum atomic E-state index is -4.48. The number of alkyl halides is 3. The highest BCUT2D eigenvalue weighted by Gasteiger charge is 2.34. The third-order valence-corrected chi connectivity index (χ3v) is 3.99. The molecule has 0 aliphatic heterocycles. The van der Waals surface area contributed by atoms with Crippen LogP contribution in [0.25, 0.3) is 11.3 Å².